The van der Waals surface area contributed by atoms with Gasteiger partial charge in [0.15, 0.2) is 5.82 Å². The Bertz CT molecular complexity index is 761. The molecule has 104 valence electrons. The van der Waals surface area contributed by atoms with Crippen molar-refractivity contribution < 1.29 is 4.74 Å². The van der Waals surface area contributed by atoms with Crippen LogP contribution in [0.1, 0.15) is 23.7 Å². The molecule has 0 saturated heterocycles. The first-order valence-electron chi connectivity index (χ1n) is 6.29. The summed E-state index contributed by atoms with van der Waals surface area (Å²) < 4.78 is 5.51. The van der Waals surface area contributed by atoms with Gasteiger partial charge in [-0.15, -0.1) is 0 Å². The molecule has 21 heavy (non-hydrogen) atoms. The number of hydrogen-bond acceptors (Lipinski definition) is 5. The predicted molar refractivity (Wildman–Crippen MR) is 78.8 cm³/mol. The van der Waals surface area contributed by atoms with Crippen LogP contribution in [0.15, 0.2) is 24.3 Å². The minimum absolute atomic E-state index is 0.0757. The number of nitriles is 2. The number of anilines is 1. The van der Waals surface area contributed by atoms with Crippen molar-refractivity contribution in [2.24, 2.45) is 0 Å². The first kappa shape index (κ1) is 14.2. The zero-order valence-corrected chi connectivity index (χ0v) is 11.4. The summed E-state index contributed by atoms with van der Waals surface area (Å²) >= 11 is 0. The number of hydrogen-bond donors (Lipinski definition) is 2. The van der Waals surface area contributed by atoms with Crippen molar-refractivity contribution in [3.8, 4) is 17.9 Å². The third kappa shape index (κ3) is 2.85. The Morgan fingerprint density at radius 1 is 1.43 bits per heavy atom. The van der Waals surface area contributed by atoms with Crippen molar-refractivity contribution in [1.29, 1.82) is 10.5 Å². The number of nitrogens with one attached hydrogen (secondary N) is 1. The van der Waals surface area contributed by atoms with Gasteiger partial charge >= 0.3 is 0 Å². The second kappa shape index (κ2) is 6.27. The van der Waals surface area contributed by atoms with E-state index < -0.39 is 0 Å². The average Bonchev–Trinajstić information content (AvgIpc) is 2.87. The van der Waals surface area contributed by atoms with Gasteiger partial charge in [0.25, 0.3) is 0 Å². The lowest BCUT2D eigenvalue weighted by Crippen LogP contribution is -1.94. The monoisotopic (exact) mass is 279 g/mol. The minimum atomic E-state index is 0.0757. The van der Waals surface area contributed by atoms with Gasteiger partial charge in [-0.05, 0) is 19.1 Å². The normalized spacial score (nSPS) is 10.7. The van der Waals surface area contributed by atoms with Gasteiger partial charge in [-0.3, -0.25) is 5.10 Å². The number of ether oxygens (including phenoxy) is 1. The Kier molecular flexibility index (Phi) is 4.23. The zero-order chi connectivity index (χ0) is 15.2. The standard InChI is InChI=1S/C15H13N5O/c1-2-21-13-6-4-3-5-10(13)7-11(8-16)14-12(9-17)15(18)20-19-14/h3-7H,2H2,1H3,(H3,18,19,20). The molecule has 0 unspecified atom stereocenters. The molecular formula is C15H13N5O. The molecule has 2 rings (SSSR count). The van der Waals surface area contributed by atoms with E-state index in [9.17, 15) is 5.26 Å². The van der Waals surface area contributed by atoms with Crippen LogP contribution < -0.4 is 10.5 Å². The van der Waals surface area contributed by atoms with Crippen molar-refractivity contribution >= 4 is 17.5 Å². The molecule has 2 aromatic rings. The molecule has 0 aliphatic rings. The van der Waals surface area contributed by atoms with Crippen LogP contribution in [0.3, 0.4) is 0 Å². The highest BCUT2D eigenvalue weighted by Gasteiger charge is 2.15. The third-order valence-corrected chi connectivity index (χ3v) is 2.81. The second-order valence-electron chi connectivity index (χ2n) is 4.11. The van der Waals surface area contributed by atoms with E-state index in [4.69, 9.17) is 15.7 Å². The molecule has 6 nitrogen and oxygen atoms in total. The van der Waals surface area contributed by atoms with Crippen molar-refractivity contribution in [1.82, 2.24) is 10.2 Å². The molecule has 0 bridgehead atoms. The van der Waals surface area contributed by atoms with Gasteiger partial charge in [0, 0.05) is 5.56 Å². The van der Waals surface area contributed by atoms with E-state index >= 15 is 0 Å². The van der Waals surface area contributed by atoms with E-state index in [1.54, 1.807) is 6.08 Å². The molecule has 3 N–H and O–H groups in total. The number of aromatic nitrogens is 2. The number of aromatic amines is 1. The Labute approximate surface area is 122 Å². The van der Waals surface area contributed by atoms with Gasteiger partial charge in [-0.25, -0.2) is 0 Å². The van der Waals surface area contributed by atoms with Crippen LogP contribution in [0.4, 0.5) is 5.82 Å². The predicted octanol–water partition coefficient (Wildman–Crippen LogP) is 2.33. The fourth-order valence-corrected chi connectivity index (χ4v) is 1.87. The number of nitrogen functional groups attached to an aromatic ring is 1. The lowest BCUT2D eigenvalue weighted by molar-refractivity contribution is 0.339. The molecule has 0 spiro atoms. The summed E-state index contributed by atoms with van der Waals surface area (Å²) in [5, 5.41) is 24.8. The maximum atomic E-state index is 9.33. The summed E-state index contributed by atoms with van der Waals surface area (Å²) in [5.74, 6) is 0.741. The van der Waals surface area contributed by atoms with Crippen molar-refractivity contribution in [3.05, 3.63) is 41.1 Å². The van der Waals surface area contributed by atoms with Crippen LogP contribution in [-0.2, 0) is 0 Å². The second-order valence-corrected chi connectivity index (χ2v) is 4.11. The Balaban J connectivity index is 2.52. The summed E-state index contributed by atoms with van der Waals surface area (Å²) in [5.41, 5.74) is 7.07. The van der Waals surface area contributed by atoms with Gasteiger partial charge in [-0.1, -0.05) is 18.2 Å². The van der Waals surface area contributed by atoms with Gasteiger partial charge in [0.05, 0.1) is 17.9 Å². The first-order chi connectivity index (χ1) is 10.2. The Morgan fingerprint density at radius 3 is 2.86 bits per heavy atom. The molecule has 0 amide bonds. The quantitative estimate of drug-likeness (QED) is 0.834. The molecule has 0 saturated carbocycles. The van der Waals surface area contributed by atoms with E-state index in [0.717, 1.165) is 5.56 Å². The number of benzene rings is 1. The molecule has 0 radical (unpaired) electrons. The van der Waals surface area contributed by atoms with Gasteiger partial charge in [0.1, 0.15) is 23.5 Å². The highest BCUT2D eigenvalue weighted by atomic mass is 16.5. The lowest BCUT2D eigenvalue weighted by atomic mass is 10.1. The van der Waals surface area contributed by atoms with Crippen LogP contribution in [0.25, 0.3) is 11.6 Å². The fourth-order valence-electron chi connectivity index (χ4n) is 1.87. The summed E-state index contributed by atoms with van der Waals surface area (Å²) in [7, 11) is 0. The molecule has 1 aromatic carbocycles. The Morgan fingerprint density at radius 2 is 2.19 bits per heavy atom. The SMILES string of the molecule is CCOc1ccccc1C=C(C#N)c1[nH]nc(N)c1C#N. The molecule has 0 fully saturated rings. The topological polar surface area (TPSA) is 112 Å². The van der Waals surface area contributed by atoms with Crippen molar-refractivity contribution in [2.75, 3.05) is 12.3 Å². The van der Waals surface area contributed by atoms with Gasteiger partial charge in [0.2, 0.25) is 0 Å². The van der Waals surface area contributed by atoms with Gasteiger partial charge < -0.3 is 10.5 Å². The Hall–Kier alpha value is -3.25. The maximum absolute atomic E-state index is 9.33. The van der Waals surface area contributed by atoms with E-state index in [0.29, 0.717) is 18.1 Å². The number of nitrogens with zero attached hydrogens (tertiary/aromatic N) is 3. The van der Waals surface area contributed by atoms with Crippen LogP contribution in [0, 0.1) is 22.7 Å². The number of para-hydroxylation sites is 1. The van der Waals surface area contributed by atoms with Crippen molar-refractivity contribution in [2.45, 2.75) is 6.92 Å². The average molecular weight is 279 g/mol. The van der Waals surface area contributed by atoms with Gasteiger partial charge in [-0.2, -0.15) is 15.6 Å². The summed E-state index contributed by atoms with van der Waals surface area (Å²) in [6.45, 7) is 2.41. The summed E-state index contributed by atoms with van der Waals surface area (Å²) in [6.07, 6.45) is 1.64. The summed E-state index contributed by atoms with van der Waals surface area (Å²) in [6, 6.07) is 11.3. The highest BCUT2D eigenvalue weighted by molar-refractivity contribution is 5.92. The third-order valence-electron chi connectivity index (χ3n) is 2.81. The number of allylic oxidation sites excluding steroid dienone is 1. The zero-order valence-electron chi connectivity index (χ0n) is 11.4. The first-order valence-corrected chi connectivity index (χ1v) is 6.29. The largest absolute Gasteiger partial charge is 0.493 e. The summed E-state index contributed by atoms with van der Waals surface area (Å²) in [4.78, 5) is 0. The molecule has 0 aliphatic carbocycles. The maximum Gasteiger partial charge on any atom is 0.163 e. The smallest absolute Gasteiger partial charge is 0.163 e. The van der Waals surface area contributed by atoms with Crippen LogP contribution in [0.2, 0.25) is 0 Å². The van der Waals surface area contributed by atoms with Crippen molar-refractivity contribution in [3.63, 3.8) is 0 Å². The van der Waals surface area contributed by atoms with E-state index in [1.165, 1.54) is 0 Å². The fraction of sp³-hybridized carbons (Fsp3) is 0.133. The minimum Gasteiger partial charge on any atom is -0.493 e. The molecular weight excluding hydrogens is 266 g/mol. The highest BCUT2D eigenvalue weighted by Crippen LogP contribution is 2.26. The number of rotatable bonds is 4. The molecule has 0 aliphatic heterocycles. The number of nitrogens with two attached hydrogens (primary N) is 1. The van der Waals surface area contributed by atoms with E-state index in [2.05, 4.69) is 16.3 Å². The van der Waals surface area contributed by atoms with Crippen LogP contribution in [-0.4, -0.2) is 16.8 Å². The van der Waals surface area contributed by atoms with Crippen LogP contribution in [0.5, 0.6) is 5.75 Å². The van der Waals surface area contributed by atoms with Crippen LogP contribution >= 0.6 is 0 Å². The van der Waals surface area contributed by atoms with E-state index in [-0.39, 0.29) is 17.0 Å². The molecule has 0 atom stereocenters. The molecule has 1 aromatic heterocycles. The van der Waals surface area contributed by atoms with E-state index in [1.807, 2.05) is 37.3 Å². The lowest BCUT2D eigenvalue weighted by Gasteiger charge is -2.06. The molecule has 6 heteroatoms. The molecule has 1 heterocycles. The number of H-pyrrole nitrogens is 1.